The van der Waals surface area contributed by atoms with Crippen molar-refractivity contribution in [2.24, 2.45) is 11.8 Å². The third kappa shape index (κ3) is 8.78. The topological polar surface area (TPSA) is 121 Å². The van der Waals surface area contributed by atoms with Crippen LogP contribution in [0.15, 0.2) is 36.4 Å². The van der Waals surface area contributed by atoms with Crippen LogP contribution < -0.4 is 0 Å². The monoisotopic (exact) mass is 566 g/mol. The normalized spacial score (nSPS) is 18.1. The van der Waals surface area contributed by atoms with Crippen LogP contribution >= 0.6 is 0 Å². The molecule has 6 N–H and O–H groups in total. The van der Waals surface area contributed by atoms with Gasteiger partial charge in [0.2, 0.25) is 0 Å². The molecule has 0 aliphatic carbocycles. The summed E-state index contributed by atoms with van der Waals surface area (Å²) in [6.45, 7) is 12.5. The van der Waals surface area contributed by atoms with Crippen LogP contribution in [0.5, 0.6) is 0 Å². The second kappa shape index (κ2) is 13.8. The van der Waals surface area contributed by atoms with Crippen molar-refractivity contribution < 1.29 is 39.4 Å². The molecule has 0 heterocycles. The zero-order valence-electron chi connectivity index (χ0n) is 24.8. The summed E-state index contributed by atoms with van der Waals surface area (Å²) in [6.07, 6.45) is -7.83. The lowest BCUT2D eigenvalue weighted by Crippen LogP contribution is -2.52. The Labute approximate surface area is 237 Å². The maximum atomic E-state index is 15.0. The average Bonchev–Trinajstić information content (AvgIpc) is 2.86. The van der Waals surface area contributed by atoms with E-state index in [1.807, 2.05) is 54.5 Å². The molecule has 0 aromatic heterocycles. The van der Waals surface area contributed by atoms with E-state index < -0.39 is 48.5 Å². The molecule has 2 rings (SSSR count). The molecule has 0 spiro atoms. The molecule has 0 fully saturated rings. The van der Waals surface area contributed by atoms with Crippen molar-refractivity contribution in [3.63, 3.8) is 0 Å². The Morgan fingerprint density at radius 2 is 1.12 bits per heavy atom. The Hall–Kier alpha value is -1.94. The fraction of sp³-hybridized carbons (Fsp3) is 0.625. The van der Waals surface area contributed by atoms with Gasteiger partial charge in [0.1, 0.15) is 36.1 Å². The Morgan fingerprint density at radius 1 is 0.675 bits per heavy atom. The SMILES string of the molecule is CC(CCc1ccc(C(C)(C)C)c(F)c1)C(Cc1ccc(C(C)(C)C)c(F)c1)C(O)[C@@H](O)[C@@H](O)[C@H](O)[C@@H](O)CO. The molecule has 2 aromatic carbocycles. The summed E-state index contributed by atoms with van der Waals surface area (Å²) in [6, 6.07) is 10.0. The summed E-state index contributed by atoms with van der Waals surface area (Å²) >= 11 is 0. The van der Waals surface area contributed by atoms with E-state index in [2.05, 4.69) is 0 Å². The van der Waals surface area contributed by atoms with Crippen LogP contribution in [0.25, 0.3) is 0 Å². The lowest BCUT2D eigenvalue weighted by atomic mass is 9.77. The van der Waals surface area contributed by atoms with Crippen molar-refractivity contribution >= 4 is 0 Å². The smallest absolute Gasteiger partial charge is 0.127 e. The molecule has 2 aromatic rings. The Kier molecular flexibility index (Phi) is 11.8. The highest BCUT2D eigenvalue weighted by atomic mass is 19.1. The largest absolute Gasteiger partial charge is 0.394 e. The molecule has 0 saturated carbocycles. The van der Waals surface area contributed by atoms with Gasteiger partial charge in [-0.15, -0.1) is 0 Å². The van der Waals surface area contributed by atoms with Gasteiger partial charge in [-0.3, -0.25) is 0 Å². The van der Waals surface area contributed by atoms with Crippen LogP contribution in [-0.2, 0) is 23.7 Å². The van der Waals surface area contributed by atoms with Gasteiger partial charge in [0, 0.05) is 0 Å². The number of hydrogen-bond donors (Lipinski definition) is 6. The van der Waals surface area contributed by atoms with Crippen LogP contribution in [0.2, 0.25) is 0 Å². The van der Waals surface area contributed by atoms with Crippen molar-refractivity contribution in [2.75, 3.05) is 6.61 Å². The van der Waals surface area contributed by atoms with Gasteiger partial charge < -0.3 is 30.6 Å². The molecule has 0 bridgehead atoms. The molecule has 40 heavy (non-hydrogen) atoms. The zero-order valence-corrected chi connectivity index (χ0v) is 24.8. The summed E-state index contributed by atoms with van der Waals surface area (Å²) in [5, 5.41) is 61.3. The van der Waals surface area contributed by atoms with E-state index in [1.54, 1.807) is 18.2 Å². The molecule has 0 radical (unpaired) electrons. The molecule has 0 aliphatic heterocycles. The maximum Gasteiger partial charge on any atom is 0.127 e. The number of aryl methyl sites for hydroxylation is 1. The first kappa shape index (κ1) is 34.3. The summed E-state index contributed by atoms with van der Waals surface area (Å²) in [5.74, 6) is -1.66. The van der Waals surface area contributed by atoms with Crippen molar-refractivity contribution in [3.05, 3.63) is 70.3 Å². The van der Waals surface area contributed by atoms with Crippen molar-refractivity contribution in [1.29, 1.82) is 0 Å². The molecule has 6 nitrogen and oxygen atoms in total. The highest BCUT2D eigenvalue weighted by molar-refractivity contribution is 5.31. The standard InChI is InChI=1S/C32H48F2O6/c1-18(8-9-19-10-12-22(24(33)15-19)31(2,3)4)21(27(37)29(39)30(40)28(38)26(36)17-35)14-20-11-13-23(25(34)16-20)32(5,6)7/h10-13,15-16,18,21,26-30,35-40H,8-9,14,17H2,1-7H3/t18?,21?,26-,27?,28+,29+,30-/m0/s1. The molecule has 3 unspecified atom stereocenters. The van der Waals surface area contributed by atoms with E-state index in [1.165, 1.54) is 12.1 Å². The molecular formula is C32H48F2O6. The van der Waals surface area contributed by atoms with Gasteiger partial charge in [-0.25, -0.2) is 8.78 Å². The quantitative estimate of drug-likeness (QED) is 0.233. The Bertz CT molecular complexity index is 1090. The van der Waals surface area contributed by atoms with Gasteiger partial charge in [0.15, 0.2) is 0 Å². The van der Waals surface area contributed by atoms with E-state index in [9.17, 15) is 34.3 Å². The third-order valence-electron chi connectivity index (χ3n) is 7.84. The number of aliphatic hydroxyl groups is 6. The molecule has 7 atom stereocenters. The van der Waals surface area contributed by atoms with E-state index in [-0.39, 0.29) is 29.4 Å². The minimum atomic E-state index is -1.94. The fourth-order valence-corrected chi connectivity index (χ4v) is 5.15. The number of halogens is 2. The van der Waals surface area contributed by atoms with Crippen molar-refractivity contribution in [3.8, 4) is 0 Å². The first-order valence-electron chi connectivity index (χ1n) is 14.0. The molecule has 0 aliphatic rings. The second-order valence-electron chi connectivity index (χ2n) is 13.2. The van der Waals surface area contributed by atoms with E-state index in [0.717, 1.165) is 5.56 Å². The molecular weight excluding hydrogens is 518 g/mol. The first-order chi connectivity index (χ1) is 18.4. The van der Waals surface area contributed by atoms with Gasteiger partial charge in [-0.1, -0.05) is 72.7 Å². The number of benzene rings is 2. The minimum absolute atomic E-state index is 0.156. The van der Waals surface area contributed by atoms with Crippen molar-refractivity contribution in [1.82, 2.24) is 0 Å². The maximum absolute atomic E-state index is 15.0. The summed E-state index contributed by atoms with van der Waals surface area (Å²) < 4.78 is 29.7. The molecule has 8 heteroatoms. The molecule has 0 saturated heterocycles. The minimum Gasteiger partial charge on any atom is -0.394 e. The van der Waals surface area contributed by atoms with Gasteiger partial charge in [0.05, 0.1) is 12.7 Å². The predicted octanol–water partition coefficient (Wildman–Crippen LogP) is 3.78. The van der Waals surface area contributed by atoms with Crippen LogP contribution in [0.4, 0.5) is 8.78 Å². The predicted molar refractivity (Wildman–Crippen MR) is 152 cm³/mol. The number of aliphatic hydroxyl groups excluding tert-OH is 6. The summed E-state index contributed by atoms with van der Waals surface area (Å²) in [4.78, 5) is 0. The molecule has 0 amide bonds. The Balaban J connectivity index is 2.32. The van der Waals surface area contributed by atoms with Crippen LogP contribution in [-0.4, -0.2) is 67.8 Å². The van der Waals surface area contributed by atoms with Gasteiger partial charge in [0.25, 0.3) is 0 Å². The van der Waals surface area contributed by atoms with Gasteiger partial charge in [-0.05, 0) is 76.3 Å². The highest BCUT2D eigenvalue weighted by Gasteiger charge is 2.39. The van der Waals surface area contributed by atoms with E-state index in [0.29, 0.717) is 29.5 Å². The zero-order chi connectivity index (χ0) is 30.6. The fourth-order valence-electron chi connectivity index (χ4n) is 5.15. The number of hydrogen-bond acceptors (Lipinski definition) is 6. The van der Waals surface area contributed by atoms with Crippen LogP contribution in [0.1, 0.15) is 77.1 Å². The van der Waals surface area contributed by atoms with Crippen molar-refractivity contribution in [2.45, 2.75) is 109 Å². The average molecular weight is 567 g/mol. The number of rotatable bonds is 12. The Morgan fingerprint density at radius 3 is 1.57 bits per heavy atom. The lowest BCUT2D eigenvalue weighted by molar-refractivity contribution is -0.152. The first-order valence-corrected chi connectivity index (χ1v) is 14.0. The van der Waals surface area contributed by atoms with E-state index >= 15 is 0 Å². The van der Waals surface area contributed by atoms with Crippen LogP contribution in [0, 0.1) is 23.5 Å². The second-order valence-corrected chi connectivity index (χ2v) is 13.2. The van der Waals surface area contributed by atoms with Gasteiger partial charge in [-0.2, -0.15) is 0 Å². The highest BCUT2D eigenvalue weighted by Crippen LogP contribution is 2.32. The summed E-state index contributed by atoms with van der Waals surface area (Å²) in [5.41, 5.74) is 1.76. The van der Waals surface area contributed by atoms with Gasteiger partial charge >= 0.3 is 0 Å². The van der Waals surface area contributed by atoms with Crippen LogP contribution in [0.3, 0.4) is 0 Å². The third-order valence-corrected chi connectivity index (χ3v) is 7.84. The molecule has 226 valence electrons. The lowest BCUT2D eigenvalue weighted by Gasteiger charge is -2.35. The summed E-state index contributed by atoms with van der Waals surface area (Å²) in [7, 11) is 0. The van der Waals surface area contributed by atoms with E-state index in [4.69, 9.17) is 5.11 Å².